The van der Waals surface area contributed by atoms with E-state index < -0.39 is 5.67 Å². The minimum absolute atomic E-state index is 0.487. The van der Waals surface area contributed by atoms with Crippen LogP contribution in [0.15, 0.2) is 24.3 Å². The summed E-state index contributed by atoms with van der Waals surface area (Å²) in [6.45, 7) is 4.20. The lowest BCUT2D eigenvalue weighted by atomic mass is 9.98. The lowest BCUT2D eigenvalue weighted by Crippen LogP contribution is -2.16. The number of hydrogen-bond acceptors (Lipinski definition) is 1. The molecular formula is C13H20FN. The molecule has 84 valence electrons. The maximum absolute atomic E-state index is 13.4. The van der Waals surface area contributed by atoms with Gasteiger partial charge in [-0.25, -0.2) is 4.39 Å². The molecule has 1 rings (SSSR count). The SMILES string of the molecule is CNCCc1cccc(CC(C)(C)F)c1. The Morgan fingerprint density at radius 1 is 1.27 bits per heavy atom. The lowest BCUT2D eigenvalue weighted by molar-refractivity contribution is 0.217. The maximum Gasteiger partial charge on any atom is 0.109 e. The van der Waals surface area contributed by atoms with E-state index in [2.05, 4.69) is 17.4 Å². The standard InChI is InChI=1S/C13H20FN/c1-13(2,14)10-12-6-4-5-11(9-12)7-8-15-3/h4-6,9,15H,7-8,10H2,1-3H3. The van der Waals surface area contributed by atoms with Gasteiger partial charge < -0.3 is 5.32 Å². The fraction of sp³-hybridized carbons (Fsp3) is 0.538. The zero-order valence-corrected chi connectivity index (χ0v) is 9.81. The summed E-state index contributed by atoms with van der Waals surface area (Å²) in [5.41, 5.74) is 1.23. The van der Waals surface area contributed by atoms with Gasteiger partial charge >= 0.3 is 0 Å². The quantitative estimate of drug-likeness (QED) is 0.786. The van der Waals surface area contributed by atoms with E-state index in [0.717, 1.165) is 18.5 Å². The van der Waals surface area contributed by atoms with Crippen molar-refractivity contribution in [3.63, 3.8) is 0 Å². The van der Waals surface area contributed by atoms with E-state index in [-0.39, 0.29) is 0 Å². The van der Waals surface area contributed by atoms with Crippen LogP contribution in [0.4, 0.5) is 4.39 Å². The highest BCUT2D eigenvalue weighted by molar-refractivity contribution is 5.24. The van der Waals surface area contributed by atoms with E-state index >= 15 is 0 Å². The monoisotopic (exact) mass is 209 g/mol. The molecule has 0 aromatic heterocycles. The van der Waals surface area contributed by atoms with Crippen molar-refractivity contribution in [3.05, 3.63) is 35.4 Å². The Balaban J connectivity index is 2.66. The molecule has 1 N–H and O–H groups in total. The third kappa shape index (κ3) is 4.93. The molecule has 0 fully saturated rings. The molecule has 0 saturated carbocycles. The third-order valence-electron chi connectivity index (χ3n) is 2.28. The van der Waals surface area contributed by atoms with Crippen molar-refractivity contribution in [2.45, 2.75) is 32.4 Å². The highest BCUT2D eigenvalue weighted by Crippen LogP contribution is 2.17. The number of benzene rings is 1. The van der Waals surface area contributed by atoms with Crippen molar-refractivity contribution in [1.29, 1.82) is 0 Å². The molecule has 0 unspecified atom stereocenters. The van der Waals surface area contributed by atoms with Crippen LogP contribution >= 0.6 is 0 Å². The van der Waals surface area contributed by atoms with E-state index in [4.69, 9.17) is 0 Å². The van der Waals surface area contributed by atoms with Crippen LogP contribution in [0.2, 0.25) is 0 Å². The molecule has 2 heteroatoms. The zero-order valence-electron chi connectivity index (χ0n) is 9.81. The number of halogens is 1. The van der Waals surface area contributed by atoms with Crippen molar-refractivity contribution >= 4 is 0 Å². The number of hydrogen-bond donors (Lipinski definition) is 1. The molecule has 0 saturated heterocycles. The largest absolute Gasteiger partial charge is 0.319 e. The van der Waals surface area contributed by atoms with Gasteiger partial charge in [-0.05, 0) is 45.0 Å². The van der Waals surface area contributed by atoms with Gasteiger partial charge in [0.15, 0.2) is 0 Å². The molecule has 0 aliphatic heterocycles. The molecule has 0 heterocycles. The van der Waals surface area contributed by atoms with Gasteiger partial charge in [-0.3, -0.25) is 0 Å². The van der Waals surface area contributed by atoms with Crippen molar-refractivity contribution in [1.82, 2.24) is 5.32 Å². The molecule has 0 amide bonds. The molecule has 1 aromatic carbocycles. The number of rotatable bonds is 5. The average Bonchev–Trinajstić information content (AvgIpc) is 2.12. The summed E-state index contributed by atoms with van der Waals surface area (Å²) in [6, 6.07) is 8.18. The van der Waals surface area contributed by atoms with Gasteiger partial charge in [0, 0.05) is 6.42 Å². The molecule has 15 heavy (non-hydrogen) atoms. The van der Waals surface area contributed by atoms with Crippen molar-refractivity contribution < 1.29 is 4.39 Å². The number of likely N-dealkylation sites (N-methyl/N-ethyl adjacent to an activating group) is 1. The fourth-order valence-corrected chi connectivity index (χ4v) is 1.65. The summed E-state index contributed by atoms with van der Waals surface area (Å²) in [4.78, 5) is 0. The first-order valence-electron chi connectivity index (χ1n) is 5.42. The fourth-order valence-electron chi connectivity index (χ4n) is 1.65. The lowest BCUT2D eigenvalue weighted by Gasteiger charge is -2.14. The summed E-state index contributed by atoms with van der Waals surface area (Å²) in [6.07, 6.45) is 1.48. The molecule has 1 nitrogen and oxygen atoms in total. The van der Waals surface area contributed by atoms with Crippen LogP contribution in [0.25, 0.3) is 0 Å². The molecule has 0 bridgehead atoms. The summed E-state index contributed by atoms with van der Waals surface area (Å²) in [5.74, 6) is 0. The molecule has 0 aliphatic rings. The average molecular weight is 209 g/mol. The summed E-state index contributed by atoms with van der Waals surface area (Å²) in [7, 11) is 1.94. The Morgan fingerprint density at radius 3 is 2.53 bits per heavy atom. The molecule has 0 aliphatic carbocycles. The van der Waals surface area contributed by atoms with E-state index in [1.54, 1.807) is 13.8 Å². The Kier molecular flexibility index (Phi) is 4.28. The van der Waals surface area contributed by atoms with Crippen molar-refractivity contribution in [2.24, 2.45) is 0 Å². The second-order valence-electron chi connectivity index (χ2n) is 4.57. The first kappa shape index (κ1) is 12.2. The van der Waals surface area contributed by atoms with Crippen LogP contribution in [0, 0.1) is 0 Å². The molecule has 0 radical (unpaired) electrons. The molecular weight excluding hydrogens is 189 g/mol. The summed E-state index contributed by atoms with van der Waals surface area (Å²) < 4.78 is 13.4. The van der Waals surface area contributed by atoms with Crippen LogP contribution in [-0.4, -0.2) is 19.3 Å². The molecule has 0 atom stereocenters. The Labute approximate surface area is 91.7 Å². The van der Waals surface area contributed by atoms with Crippen LogP contribution in [0.5, 0.6) is 0 Å². The normalized spacial score (nSPS) is 11.7. The zero-order chi connectivity index (χ0) is 11.3. The second kappa shape index (κ2) is 5.26. The van der Waals surface area contributed by atoms with Gasteiger partial charge in [0.25, 0.3) is 0 Å². The first-order chi connectivity index (χ1) is 7.01. The van der Waals surface area contributed by atoms with Crippen LogP contribution < -0.4 is 5.32 Å². The van der Waals surface area contributed by atoms with E-state index in [0.29, 0.717) is 6.42 Å². The minimum atomic E-state index is -1.12. The van der Waals surface area contributed by atoms with Gasteiger partial charge in [0.1, 0.15) is 5.67 Å². The van der Waals surface area contributed by atoms with Crippen LogP contribution in [0.1, 0.15) is 25.0 Å². The van der Waals surface area contributed by atoms with E-state index in [1.807, 2.05) is 19.2 Å². The van der Waals surface area contributed by atoms with Gasteiger partial charge in [-0.1, -0.05) is 24.3 Å². The Hall–Kier alpha value is -0.890. The van der Waals surface area contributed by atoms with Crippen LogP contribution in [0.3, 0.4) is 0 Å². The maximum atomic E-state index is 13.4. The van der Waals surface area contributed by atoms with Crippen molar-refractivity contribution in [2.75, 3.05) is 13.6 Å². The first-order valence-corrected chi connectivity index (χ1v) is 5.42. The van der Waals surface area contributed by atoms with Gasteiger partial charge in [0.2, 0.25) is 0 Å². The third-order valence-corrected chi connectivity index (χ3v) is 2.28. The molecule has 0 spiro atoms. The summed E-state index contributed by atoms with van der Waals surface area (Å²) in [5, 5.41) is 3.11. The van der Waals surface area contributed by atoms with Gasteiger partial charge in [-0.2, -0.15) is 0 Å². The van der Waals surface area contributed by atoms with Crippen LogP contribution in [-0.2, 0) is 12.8 Å². The Bertz CT molecular complexity index is 302. The highest BCUT2D eigenvalue weighted by Gasteiger charge is 2.15. The van der Waals surface area contributed by atoms with E-state index in [1.165, 1.54) is 5.56 Å². The van der Waals surface area contributed by atoms with Gasteiger partial charge in [0.05, 0.1) is 0 Å². The number of nitrogens with one attached hydrogen (secondary N) is 1. The van der Waals surface area contributed by atoms with Crippen molar-refractivity contribution in [3.8, 4) is 0 Å². The predicted octanol–water partition coefficient (Wildman–Crippen LogP) is 2.74. The molecule has 1 aromatic rings. The number of alkyl halides is 1. The topological polar surface area (TPSA) is 12.0 Å². The minimum Gasteiger partial charge on any atom is -0.319 e. The highest BCUT2D eigenvalue weighted by atomic mass is 19.1. The second-order valence-corrected chi connectivity index (χ2v) is 4.57. The summed E-state index contributed by atoms with van der Waals surface area (Å²) >= 11 is 0. The Morgan fingerprint density at radius 2 is 1.93 bits per heavy atom. The van der Waals surface area contributed by atoms with E-state index in [9.17, 15) is 4.39 Å². The smallest absolute Gasteiger partial charge is 0.109 e. The predicted molar refractivity (Wildman–Crippen MR) is 63.0 cm³/mol. The van der Waals surface area contributed by atoms with Gasteiger partial charge in [-0.15, -0.1) is 0 Å².